The molecule has 0 aliphatic carbocycles. The van der Waals surface area contributed by atoms with Crippen LogP contribution in [0.15, 0.2) is 79.4 Å². The first kappa shape index (κ1) is 14.3. The van der Waals surface area contributed by atoms with Crippen molar-refractivity contribution in [3.8, 4) is 17.0 Å². The summed E-state index contributed by atoms with van der Waals surface area (Å²) in [6, 6.07) is 17.9. The predicted molar refractivity (Wildman–Crippen MR) is 93.5 cm³/mol. The van der Waals surface area contributed by atoms with Crippen LogP contribution in [0.4, 0.5) is 0 Å². The fourth-order valence-corrected chi connectivity index (χ4v) is 2.56. The van der Waals surface area contributed by atoms with Crippen LogP contribution in [0.3, 0.4) is 0 Å². The molecule has 0 aliphatic heterocycles. The number of pyridine rings is 3. The molecule has 0 fully saturated rings. The van der Waals surface area contributed by atoms with Gasteiger partial charge in [-0.1, -0.05) is 36.4 Å². The fourth-order valence-electron chi connectivity index (χ4n) is 2.56. The first-order chi connectivity index (χ1) is 11.9. The van der Waals surface area contributed by atoms with Crippen LogP contribution in [-0.4, -0.2) is 15.0 Å². The van der Waals surface area contributed by atoms with E-state index in [0.717, 1.165) is 33.5 Å². The molecule has 1 aromatic carbocycles. The van der Waals surface area contributed by atoms with E-state index in [-0.39, 0.29) is 0 Å². The average Bonchev–Trinajstić information content (AvgIpc) is 2.67. The lowest BCUT2D eigenvalue weighted by Crippen LogP contribution is -1.98. The summed E-state index contributed by atoms with van der Waals surface area (Å²) in [5.41, 5.74) is 3.83. The van der Waals surface area contributed by atoms with Gasteiger partial charge in [-0.2, -0.15) is 0 Å². The van der Waals surface area contributed by atoms with E-state index in [1.807, 2.05) is 54.6 Å². The Balaban J connectivity index is 1.75. The van der Waals surface area contributed by atoms with Gasteiger partial charge in [-0.25, -0.2) is 4.98 Å². The van der Waals surface area contributed by atoms with Crippen LogP contribution >= 0.6 is 0 Å². The van der Waals surface area contributed by atoms with Gasteiger partial charge in [-0.15, -0.1) is 0 Å². The summed E-state index contributed by atoms with van der Waals surface area (Å²) in [5, 5.41) is 0.904. The second kappa shape index (κ2) is 6.46. The zero-order chi connectivity index (χ0) is 16.2. The molecule has 0 spiro atoms. The van der Waals surface area contributed by atoms with Crippen molar-refractivity contribution in [2.24, 2.45) is 0 Å². The Bertz CT molecular complexity index is 956. The van der Waals surface area contributed by atoms with Crippen molar-refractivity contribution in [1.29, 1.82) is 0 Å². The summed E-state index contributed by atoms with van der Waals surface area (Å²) in [4.78, 5) is 13.0. The molecule has 24 heavy (non-hydrogen) atoms. The maximum Gasteiger partial charge on any atom is 0.132 e. The number of rotatable bonds is 4. The summed E-state index contributed by atoms with van der Waals surface area (Å²) in [6.07, 6.45) is 7.09. The third-order valence-electron chi connectivity index (χ3n) is 3.76. The highest BCUT2D eigenvalue weighted by molar-refractivity contribution is 5.87. The smallest absolute Gasteiger partial charge is 0.132 e. The number of hydrogen-bond acceptors (Lipinski definition) is 4. The summed E-state index contributed by atoms with van der Waals surface area (Å²) in [6.45, 7) is 0.454. The summed E-state index contributed by atoms with van der Waals surface area (Å²) >= 11 is 0. The van der Waals surface area contributed by atoms with Gasteiger partial charge < -0.3 is 4.74 Å². The molecule has 0 saturated carbocycles. The van der Waals surface area contributed by atoms with Crippen molar-refractivity contribution >= 4 is 10.9 Å². The number of aromatic nitrogens is 3. The molecule has 116 valence electrons. The summed E-state index contributed by atoms with van der Waals surface area (Å²) in [5.74, 6) is 0.774. The van der Waals surface area contributed by atoms with Crippen LogP contribution in [0, 0.1) is 0 Å². The topological polar surface area (TPSA) is 47.9 Å². The van der Waals surface area contributed by atoms with Crippen molar-refractivity contribution < 1.29 is 4.74 Å². The van der Waals surface area contributed by atoms with Gasteiger partial charge in [0.05, 0.1) is 16.6 Å². The summed E-state index contributed by atoms with van der Waals surface area (Å²) in [7, 11) is 0. The Labute approximate surface area is 139 Å². The van der Waals surface area contributed by atoms with Crippen LogP contribution < -0.4 is 4.74 Å². The van der Waals surface area contributed by atoms with E-state index in [2.05, 4.69) is 9.97 Å². The average molecular weight is 313 g/mol. The van der Waals surface area contributed by atoms with Gasteiger partial charge in [0.1, 0.15) is 12.4 Å². The lowest BCUT2D eigenvalue weighted by molar-refractivity contribution is 0.309. The highest BCUT2D eigenvalue weighted by Gasteiger charge is 2.09. The van der Waals surface area contributed by atoms with Crippen LogP contribution in [0.2, 0.25) is 0 Å². The van der Waals surface area contributed by atoms with Crippen molar-refractivity contribution in [3.05, 3.63) is 84.9 Å². The highest BCUT2D eigenvalue weighted by Crippen LogP contribution is 2.29. The molecule has 0 N–H and O–H groups in total. The molecule has 0 aliphatic rings. The first-order valence-electron chi connectivity index (χ1n) is 7.72. The van der Waals surface area contributed by atoms with Crippen molar-refractivity contribution in [1.82, 2.24) is 15.0 Å². The van der Waals surface area contributed by atoms with Gasteiger partial charge in [0, 0.05) is 42.0 Å². The molecule has 0 saturated heterocycles. The molecule has 0 amide bonds. The Morgan fingerprint density at radius 2 is 1.71 bits per heavy atom. The fraction of sp³-hybridized carbons (Fsp3) is 0.0500. The van der Waals surface area contributed by atoms with Crippen LogP contribution in [-0.2, 0) is 6.61 Å². The largest absolute Gasteiger partial charge is 0.488 e. The van der Waals surface area contributed by atoms with E-state index in [1.54, 1.807) is 24.8 Å². The number of ether oxygens (including phenoxy) is 1. The third kappa shape index (κ3) is 2.94. The molecule has 0 bridgehead atoms. The van der Waals surface area contributed by atoms with Crippen LogP contribution in [0.5, 0.6) is 5.75 Å². The minimum atomic E-state index is 0.454. The molecule has 4 rings (SSSR count). The molecule has 0 unspecified atom stereocenters. The Morgan fingerprint density at radius 1 is 0.833 bits per heavy atom. The minimum absolute atomic E-state index is 0.454. The Hall–Kier alpha value is -3.27. The van der Waals surface area contributed by atoms with Crippen molar-refractivity contribution in [2.75, 3.05) is 0 Å². The van der Waals surface area contributed by atoms with Gasteiger partial charge in [-0.05, 0) is 12.1 Å². The zero-order valence-electron chi connectivity index (χ0n) is 13.0. The lowest BCUT2D eigenvalue weighted by atomic mass is 10.1. The van der Waals surface area contributed by atoms with Crippen molar-refractivity contribution in [3.63, 3.8) is 0 Å². The molecular weight excluding hydrogens is 298 g/mol. The predicted octanol–water partition coefficient (Wildman–Crippen LogP) is 4.27. The normalized spacial score (nSPS) is 10.7. The standard InChI is InChI=1S/C20H15N3O/c1-2-6-16(7-3-1)19-11-20(17-13-22-10-8-18(17)23-19)24-14-15-5-4-9-21-12-15/h1-13H,14H2. The second-order valence-corrected chi connectivity index (χ2v) is 5.41. The number of hydrogen-bond donors (Lipinski definition) is 0. The van der Waals surface area contributed by atoms with Crippen molar-refractivity contribution in [2.45, 2.75) is 6.61 Å². The number of fused-ring (bicyclic) bond motifs is 1. The van der Waals surface area contributed by atoms with E-state index in [0.29, 0.717) is 6.61 Å². The molecular formula is C20H15N3O. The zero-order valence-corrected chi connectivity index (χ0v) is 13.0. The van der Waals surface area contributed by atoms with Gasteiger partial charge in [0.15, 0.2) is 0 Å². The highest BCUT2D eigenvalue weighted by atomic mass is 16.5. The van der Waals surface area contributed by atoms with Crippen LogP contribution in [0.1, 0.15) is 5.56 Å². The Morgan fingerprint density at radius 3 is 2.54 bits per heavy atom. The van der Waals surface area contributed by atoms with Gasteiger partial charge >= 0.3 is 0 Å². The minimum Gasteiger partial charge on any atom is -0.488 e. The molecule has 0 radical (unpaired) electrons. The lowest BCUT2D eigenvalue weighted by Gasteiger charge is -2.11. The molecule has 4 heteroatoms. The maximum absolute atomic E-state index is 6.05. The molecule has 3 heterocycles. The van der Waals surface area contributed by atoms with Gasteiger partial charge in [0.2, 0.25) is 0 Å². The number of nitrogens with zero attached hydrogens (tertiary/aromatic N) is 3. The van der Waals surface area contributed by atoms with E-state index in [4.69, 9.17) is 9.72 Å². The molecule has 3 aromatic heterocycles. The molecule has 4 nitrogen and oxygen atoms in total. The van der Waals surface area contributed by atoms with E-state index >= 15 is 0 Å². The Kier molecular flexibility index (Phi) is 3.86. The maximum atomic E-state index is 6.05. The quantitative estimate of drug-likeness (QED) is 0.564. The SMILES string of the molecule is c1ccc(-c2cc(OCc3cccnc3)c3cnccc3n2)cc1. The summed E-state index contributed by atoms with van der Waals surface area (Å²) < 4.78 is 6.05. The van der Waals surface area contributed by atoms with E-state index in [1.165, 1.54) is 0 Å². The number of benzene rings is 1. The first-order valence-corrected chi connectivity index (χ1v) is 7.72. The third-order valence-corrected chi connectivity index (χ3v) is 3.76. The molecule has 4 aromatic rings. The monoisotopic (exact) mass is 313 g/mol. The second-order valence-electron chi connectivity index (χ2n) is 5.41. The van der Waals surface area contributed by atoms with Gasteiger partial charge in [0.25, 0.3) is 0 Å². The van der Waals surface area contributed by atoms with E-state index < -0.39 is 0 Å². The molecule has 0 atom stereocenters. The van der Waals surface area contributed by atoms with Crippen LogP contribution in [0.25, 0.3) is 22.2 Å². The van der Waals surface area contributed by atoms with E-state index in [9.17, 15) is 0 Å². The van der Waals surface area contributed by atoms with Gasteiger partial charge in [-0.3, -0.25) is 9.97 Å².